The van der Waals surface area contributed by atoms with Crippen LogP contribution in [-0.2, 0) is 0 Å². The highest BCUT2D eigenvalue weighted by Crippen LogP contribution is 2.31. The number of fused-ring (bicyclic) bond motifs is 1. The first-order valence-corrected chi connectivity index (χ1v) is 5.38. The molecule has 0 saturated heterocycles. The lowest BCUT2D eigenvalue weighted by Gasteiger charge is -2.26. The van der Waals surface area contributed by atoms with Crippen LogP contribution in [0.15, 0.2) is 24.3 Å². The van der Waals surface area contributed by atoms with Crippen molar-refractivity contribution in [2.24, 2.45) is 0 Å². The molecule has 76 valence electrons. The molecule has 3 heteroatoms. The van der Waals surface area contributed by atoms with Crippen LogP contribution in [0, 0.1) is 0 Å². The molecule has 1 aliphatic heterocycles. The molecule has 0 N–H and O–H groups in total. The van der Waals surface area contributed by atoms with Gasteiger partial charge in [-0.2, -0.15) is 0 Å². The highest BCUT2D eigenvalue weighted by molar-refractivity contribution is 6.17. The Balaban J connectivity index is 1.99. The van der Waals surface area contributed by atoms with Gasteiger partial charge in [-0.3, -0.25) is 0 Å². The van der Waals surface area contributed by atoms with E-state index in [0.717, 1.165) is 24.3 Å². The van der Waals surface area contributed by atoms with E-state index >= 15 is 0 Å². The lowest BCUT2D eigenvalue weighted by Crippen LogP contribution is -2.28. The van der Waals surface area contributed by atoms with E-state index in [1.165, 1.54) is 0 Å². The number of alkyl halides is 1. The van der Waals surface area contributed by atoms with Crippen molar-refractivity contribution < 1.29 is 9.47 Å². The first kappa shape index (κ1) is 9.66. The smallest absolute Gasteiger partial charge is 0.161 e. The molecule has 0 aliphatic carbocycles. The van der Waals surface area contributed by atoms with E-state index in [0.29, 0.717) is 12.5 Å². The van der Waals surface area contributed by atoms with Crippen LogP contribution in [0.3, 0.4) is 0 Å². The van der Waals surface area contributed by atoms with Crippen molar-refractivity contribution in [2.45, 2.75) is 18.9 Å². The second-order valence-electron chi connectivity index (χ2n) is 3.33. The molecule has 0 amide bonds. The fourth-order valence-corrected chi connectivity index (χ4v) is 1.66. The number of halogens is 1. The van der Waals surface area contributed by atoms with E-state index in [-0.39, 0.29) is 6.10 Å². The predicted molar refractivity (Wildman–Crippen MR) is 56.3 cm³/mol. The van der Waals surface area contributed by atoms with Crippen LogP contribution in [0.25, 0.3) is 0 Å². The zero-order valence-corrected chi connectivity index (χ0v) is 8.67. The Labute approximate surface area is 88.8 Å². The van der Waals surface area contributed by atoms with E-state index in [1.807, 2.05) is 24.3 Å². The zero-order valence-electron chi connectivity index (χ0n) is 7.91. The molecule has 0 saturated carbocycles. The highest BCUT2D eigenvalue weighted by Gasteiger charge is 2.19. The van der Waals surface area contributed by atoms with E-state index < -0.39 is 0 Å². The van der Waals surface area contributed by atoms with Crippen LogP contribution in [-0.4, -0.2) is 18.6 Å². The van der Waals surface area contributed by atoms with Gasteiger partial charge in [-0.15, -0.1) is 11.6 Å². The number of ether oxygens (including phenoxy) is 2. The maximum Gasteiger partial charge on any atom is 0.161 e. The lowest BCUT2D eigenvalue weighted by molar-refractivity contribution is 0.0845. The third-order valence-corrected chi connectivity index (χ3v) is 2.49. The number of hydrogen-bond donors (Lipinski definition) is 0. The average molecular weight is 213 g/mol. The molecule has 1 aliphatic rings. The number of hydrogen-bond acceptors (Lipinski definition) is 2. The van der Waals surface area contributed by atoms with Crippen LogP contribution in [0.2, 0.25) is 0 Å². The summed E-state index contributed by atoms with van der Waals surface area (Å²) in [5, 5.41) is 0. The molecule has 14 heavy (non-hydrogen) atoms. The summed E-state index contributed by atoms with van der Waals surface area (Å²) in [6, 6.07) is 7.75. The summed E-state index contributed by atoms with van der Waals surface area (Å²) < 4.78 is 11.3. The van der Waals surface area contributed by atoms with Crippen molar-refractivity contribution in [2.75, 3.05) is 12.5 Å². The molecule has 0 bridgehead atoms. The fourth-order valence-electron chi connectivity index (χ4n) is 1.51. The zero-order chi connectivity index (χ0) is 9.80. The van der Waals surface area contributed by atoms with E-state index in [1.54, 1.807) is 0 Å². The Hall–Kier alpha value is -0.890. The summed E-state index contributed by atoms with van der Waals surface area (Å²) in [7, 11) is 0. The van der Waals surface area contributed by atoms with Gasteiger partial charge in [0, 0.05) is 5.88 Å². The molecule has 0 radical (unpaired) electrons. The van der Waals surface area contributed by atoms with Crippen molar-refractivity contribution in [3.63, 3.8) is 0 Å². The number of rotatable bonds is 3. The van der Waals surface area contributed by atoms with Gasteiger partial charge in [0.1, 0.15) is 12.7 Å². The quantitative estimate of drug-likeness (QED) is 0.718. The van der Waals surface area contributed by atoms with Crippen molar-refractivity contribution in [1.29, 1.82) is 0 Å². The monoisotopic (exact) mass is 212 g/mol. The van der Waals surface area contributed by atoms with Gasteiger partial charge in [0.25, 0.3) is 0 Å². The van der Waals surface area contributed by atoms with Gasteiger partial charge in [0.05, 0.1) is 0 Å². The van der Waals surface area contributed by atoms with Crippen LogP contribution in [0.4, 0.5) is 0 Å². The molecule has 2 rings (SSSR count). The third kappa shape index (κ3) is 2.13. The minimum absolute atomic E-state index is 0.156. The third-order valence-electron chi connectivity index (χ3n) is 2.23. The van der Waals surface area contributed by atoms with Crippen molar-refractivity contribution >= 4 is 11.6 Å². The Morgan fingerprint density at radius 1 is 1.29 bits per heavy atom. The summed E-state index contributed by atoms with van der Waals surface area (Å²) in [5.74, 6) is 2.37. The minimum Gasteiger partial charge on any atom is -0.486 e. The summed E-state index contributed by atoms with van der Waals surface area (Å²) in [6.45, 7) is 0.633. The van der Waals surface area contributed by atoms with Crippen LogP contribution < -0.4 is 9.47 Å². The molecule has 0 aromatic heterocycles. The molecule has 0 spiro atoms. The molecule has 1 aromatic rings. The van der Waals surface area contributed by atoms with Crippen LogP contribution >= 0.6 is 11.6 Å². The van der Waals surface area contributed by atoms with Crippen molar-refractivity contribution in [3.05, 3.63) is 24.3 Å². The second-order valence-corrected chi connectivity index (χ2v) is 3.71. The van der Waals surface area contributed by atoms with Gasteiger partial charge in [0.2, 0.25) is 0 Å². The van der Waals surface area contributed by atoms with Gasteiger partial charge in [0.15, 0.2) is 11.5 Å². The molecule has 1 atom stereocenters. The molecule has 2 nitrogen and oxygen atoms in total. The predicted octanol–water partition coefficient (Wildman–Crippen LogP) is 2.85. The number of para-hydroxylation sites is 2. The topological polar surface area (TPSA) is 18.5 Å². The number of benzene rings is 1. The van der Waals surface area contributed by atoms with Gasteiger partial charge in [-0.1, -0.05) is 12.1 Å². The Morgan fingerprint density at radius 2 is 2.07 bits per heavy atom. The Kier molecular flexibility index (Phi) is 3.14. The normalized spacial score (nSPS) is 19.4. The first-order chi connectivity index (χ1) is 6.90. The molecular formula is C11H13ClO2. The van der Waals surface area contributed by atoms with E-state index in [4.69, 9.17) is 21.1 Å². The van der Waals surface area contributed by atoms with Crippen LogP contribution in [0.1, 0.15) is 12.8 Å². The molecule has 0 fully saturated rings. The molecular weight excluding hydrogens is 200 g/mol. The minimum atomic E-state index is 0.156. The second kappa shape index (κ2) is 4.56. The van der Waals surface area contributed by atoms with E-state index in [2.05, 4.69) is 0 Å². The molecule has 0 unspecified atom stereocenters. The highest BCUT2D eigenvalue weighted by atomic mass is 35.5. The summed E-state index contributed by atoms with van der Waals surface area (Å²) in [5.41, 5.74) is 0. The van der Waals surface area contributed by atoms with Gasteiger partial charge < -0.3 is 9.47 Å². The van der Waals surface area contributed by atoms with Crippen molar-refractivity contribution in [3.8, 4) is 11.5 Å². The Bertz CT molecular complexity index is 301. The maximum atomic E-state index is 5.75. The van der Waals surface area contributed by atoms with Gasteiger partial charge in [-0.05, 0) is 25.0 Å². The fraction of sp³-hybridized carbons (Fsp3) is 0.455. The average Bonchev–Trinajstić information content (AvgIpc) is 2.26. The maximum absolute atomic E-state index is 5.75. The molecule has 1 aromatic carbocycles. The van der Waals surface area contributed by atoms with Crippen molar-refractivity contribution in [1.82, 2.24) is 0 Å². The van der Waals surface area contributed by atoms with Crippen LogP contribution in [0.5, 0.6) is 11.5 Å². The SMILES string of the molecule is ClCCC[C@@H]1COc2ccccc2O1. The standard InChI is InChI=1S/C11H13ClO2/c12-7-3-4-9-8-13-10-5-1-2-6-11(10)14-9/h1-2,5-6,9H,3-4,7-8H2/t9-/m1/s1. The van der Waals surface area contributed by atoms with Gasteiger partial charge in [-0.25, -0.2) is 0 Å². The largest absolute Gasteiger partial charge is 0.486 e. The Morgan fingerprint density at radius 3 is 2.86 bits per heavy atom. The summed E-state index contributed by atoms with van der Waals surface area (Å²) in [4.78, 5) is 0. The lowest BCUT2D eigenvalue weighted by atomic mass is 10.2. The summed E-state index contributed by atoms with van der Waals surface area (Å²) in [6.07, 6.45) is 2.08. The molecule has 1 heterocycles. The first-order valence-electron chi connectivity index (χ1n) is 4.84. The van der Waals surface area contributed by atoms with Gasteiger partial charge >= 0.3 is 0 Å². The summed E-state index contributed by atoms with van der Waals surface area (Å²) >= 11 is 5.62. The van der Waals surface area contributed by atoms with E-state index in [9.17, 15) is 0 Å².